The predicted octanol–water partition coefficient (Wildman–Crippen LogP) is 2.68. The third-order valence-electron chi connectivity index (χ3n) is 6.95. The van der Waals surface area contributed by atoms with Gasteiger partial charge in [-0.1, -0.05) is 24.8 Å². The summed E-state index contributed by atoms with van der Waals surface area (Å²) in [6, 6.07) is 4.06. The fraction of sp³-hybridized carbons (Fsp3) is 0.538. The highest BCUT2D eigenvalue weighted by Crippen LogP contribution is 2.30. The number of hydrogen-bond donors (Lipinski definition) is 1. The maximum Gasteiger partial charge on any atom is 0.410 e. The van der Waals surface area contributed by atoms with Gasteiger partial charge in [0.2, 0.25) is 5.91 Å². The maximum absolute atomic E-state index is 13.4. The molecule has 0 spiro atoms. The molecule has 1 aromatic carbocycles. The second-order valence-corrected chi connectivity index (χ2v) is 9.55. The van der Waals surface area contributed by atoms with Crippen molar-refractivity contribution in [3.8, 4) is 0 Å². The van der Waals surface area contributed by atoms with Crippen LogP contribution in [0.1, 0.15) is 49.3 Å². The molecular formula is C26H33N3O7. The summed E-state index contributed by atoms with van der Waals surface area (Å²) in [7, 11) is 1.24. The first-order valence-corrected chi connectivity index (χ1v) is 12.3. The highest BCUT2D eigenvalue weighted by molar-refractivity contribution is 5.92. The van der Waals surface area contributed by atoms with Gasteiger partial charge in [-0.25, -0.2) is 14.4 Å². The number of esters is 1. The minimum Gasteiger partial charge on any atom is -0.467 e. The molecule has 0 unspecified atom stereocenters. The normalized spacial score (nSPS) is 25.2. The second kappa shape index (κ2) is 11.0. The van der Waals surface area contributed by atoms with E-state index in [0.717, 1.165) is 30.4 Å². The van der Waals surface area contributed by atoms with E-state index in [4.69, 9.17) is 14.2 Å². The number of carbonyl (C=O) groups is 4. The number of rotatable bonds is 2. The summed E-state index contributed by atoms with van der Waals surface area (Å²) in [5.74, 6) is -1.16. The number of amides is 3. The molecular weight excluding hydrogens is 466 g/mol. The van der Waals surface area contributed by atoms with Gasteiger partial charge in [0.1, 0.15) is 18.2 Å². The van der Waals surface area contributed by atoms with Crippen LogP contribution in [0.25, 0.3) is 0 Å². The van der Waals surface area contributed by atoms with Crippen LogP contribution in [-0.4, -0.2) is 72.3 Å². The summed E-state index contributed by atoms with van der Waals surface area (Å²) in [4.78, 5) is 54.3. The number of hydrogen-bond acceptors (Lipinski definition) is 7. The van der Waals surface area contributed by atoms with Crippen molar-refractivity contribution in [1.29, 1.82) is 0 Å². The lowest BCUT2D eigenvalue weighted by Crippen LogP contribution is -2.52. The minimum atomic E-state index is -1.09. The summed E-state index contributed by atoms with van der Waals surface area (Å²) < 4.78 is 15.9. The number of carbonyl (C=O) groups excluding carboxylic acids is 4. The van der Waals surface area contributed by atoms with Crippen LogP contribution in [0.3, 0.4) is 0 Å². The van der Waals surface area contributed by atoms with Gasteiger partial charge in [0.25, 0.3) is 0 Å². The van der Waals surface area contributed by atoms with E-state index in [-0.39, 0.29) is 19.6 Å². The monoisotopic (exact) mass is 499 g/mol. The van der Waals surface area contributed by atoms with Crippen LogP contribution in [0.15, 0.2) is 30.4 Å². The number of fused-ring (bicyclic) bond motifs is 3. The fourth-order valence-electron chi connectivity index (χ4n) is 5.04. The minimum absolute atomic E-state index is 0.00309. The highest BCUT2D eigenvalue weighted by atomic mass is 16.6. The van der Waals surface area contributed by atoms with Gasteiger partial charge < -0.3 is 24.4 Å². The van der Waals surface area contributed by atoms with Gasteiger partial charge in [0.05, 0.1) is 20.3 Å². The molecule has 3 atom stereocenters. The van der Waals surface area contributed by atoms with Crippen LogP contribution in [0.2, 0.25) is 0 Å². The Morgan fingerprint density at radius 1 is 1.14 bits per heavy atom. The number of methoxy groups -OCH3 is 1. The standard InChI is InChI=1S/C26H33N3O7/c1-16(2)22-23(30)29-14-19(12-21(29)24(31)34-3)36-26(33)28-13-18-10-7-9-17(20(18)15-28)8-5-4-6-11-35-25(32)27-22/h7,9-10,19,21-22H,1,4-6,8,11-15H2,2-3H3,(H,27,32)/t19-,21+,22+/m1/s1. The van der Waals surface area contributed by atoms with Crippen LogP contribution in [0.5, 0.6) is 0 Å². The van der Waals surface area contributed by atoms with Crippen LogP contribution in [0, 0.1) is 0 Å². The topological polar surface area (TPSA) is 114 Å². The molecule has 10 heteroatoms. The van der Waals surface area contributed by atoms with E-state index >= 15 is 0 Å². The van der Waals surface area contributed by atoms with E-state index in [1.165, 1.54) is 17.6 Å². The van der Waals surface area contributed by atoms with Crippen molar-refractivity contribution in [2.45, 2.75) is 70.3 Å². The molecule has 4 rings (SSSR count). The molecule has 0 radical (unpaired) electrons. The number of nitrogens with zero attached hydrogens (tertiary/aromatic N) is 2. The summed E-state index contributed by atoms with van der Waals surface area (Å²) >= 11 is 0. The molecule has 3 aliphatic rings. The Balaban J connectivity index is 1.58. The molecule has 4 bridgehead atoms. The molecule has 36 heavy (non-hydrogen) atoms. The molecule has 0 aromatic heterocycles. The quantitative estimate of drug-likeness (QED) is 0.378. The summed E-state index contributed by atoms with van der Waals surface area (Å²) in [5.41, 5.74) is 3.82. The Hall–Kier alpha value is -3.56. The Labute approximate surface area is 210 Å². The van der Waals surface area contributed by atoms with Crippen molar-refractivity contribution < 1.29 is 33.4 Å². The summed E-state index contributed by atoms with van der Waals surface area (Å²) in [6.45, 7) is 6.56. The third kappa shape index (κ3) is 5.47. The molecule has 10 nitrogen and oxygen atoms in total. The number of alkyl carbamates (subject to hydrolysis) is 1. The van der Waals surface area contributed by atoms with Crippen molar-refractivity contribution >= 4 is 24.1 Å². The van der Waals surface area contributed by atoms with Crippen molar-refractivity contribution in [2.24, 2.45) is 0 Å². The van der Waals surface area contributed by atoms with Gasteiger partial charge >= 0.3 is 18.2 Å². The molecule has 0 aliphatic carbocycles. The molecule has 1 aromatic rings. The Bertz CT molecular complexity index is 1060. The first-order chi connectivity index (χ1) is 17.3. The zero-order valence-electron chi connectivity index (χ0n) is 20.8. The maximum atomic E-state index is 13.4. The van der Waals surface area contributed by atoms with Gasteiger partial charge in [-0.2, -0.15) is 0 Å². The molecule has 3 heterocycles. The van der Waals surface area contributed by atoms with E-state index in [1.54, 1.807) is 11.8 Å². The summed E-state index contributed by atoms with van der Waals surface area (Å²) in [6.07, 6.45) is 1.51. The Morgan fingerprint density at radius 2 is 1.92 bits per heavy atom. The second-order valence-electron chi connectivity index (χ2n) is 9.55. The molecule has 3 aliphatic heterocycles. The van der Waals surface area contributed by atoms with Crippen LogP contribution < -0.4 is 5.32 Å². The average molecular weight is 500 g/mol. The van der Waals surface area contributed by atoms with Gasteiger partial charge in [0, 0.05) is 19.5 Å². The lowest BCUT2D eigenvalue weighted by Gasteiger charge is -2.27. The van der Waals surface area contributed by atoms with Crippen LogP contribution in [-0.2, 0) is 43.3 Å². The number of aryl methyl sites for hydroxylation is 1. The van der Waals surface area contributed by atoms with Crippen molar-refractivity contribution in [3.63, 3.8) is 0 Å². The van der Waals surface area contributed by atoms with Gasteiger partial charge in [0.15, 0.2) is 0 Å². The molecule has 1 saturated heterocycles. The predicted molar refractivity (Wildman–Crippen MR) is 129 cm³/mol. The lowest BCUT2D eigenvalue weighted by molar-refractivity contribution is -0.151. The SMILES string of the molecule is C=C(C)[C@@H]1NC(=O)OCCCCCc2cccc3c2CN(C3)C(=O)O[C@@H]2C[C@@H](C(=O)OC)N(C2)C1=O. The van der Waals surface area contributed by atoms with Crippen molar-refractivity contribution in [2.75, 3.05) is 20.3 Å². The van der Waals surface area contributed by atoms with Crippen LogP contribution in [0.4, 0.5) is 9.59 Å². The number of benzene rings is 1. The van der Waals surface area contributed by atoms with Gasteiger partial charge in [-0.3, -0.25) is 9.69 Å². The van der Waals surface area contributed by atoms with Crippen molar-refractivity contribution in [3.05, 3.63) is 47.0 Å². The average Bonchev–Trinajstić information content (AvgIpc) is 3.48. The number of ether oxygens (including phenoxy) is 3. The molecule has 1 fully saturated rings. The first-order valence-electron chi connectivity index (χ1n) is 12.3. The third-order valence-corrected chi connectivity index (χ3v) is 6.95. The van der Waals surface area contributed by atoms with E-state index in [9.17, 15) is 19.2 Å². The highest BCUT2D eigenvalue weighted by Gasteiger charge is 2.45. The van der Waals surface area contributed by atoms with Gasteiger partial charge in [-0.05, 0) is 54.9 Å². The molecule has 194 valence electrons. The molecule has 0 saturated carbocycles. The van der Waals surface area contributed by atoms with E-state index in [1.807, 2.05) is 12.1 Å². The van der Waals surface area contributed by atoms with Crippen molar-refractivity contribution in [1.82, 2.24) is 15.1 Å². The van der Waals surface area contributed by atoms with E-state index in [2.05, 4.69) is 18.0 Å². The Kier molecular flexibility index (Phi) is 7.81. The number of cyclic esters (lactones) is 1. The van der Waals surface area contributed by atoms with Gasteiger partial charge in [-0.15, -0.1) is 0 Å². The fourth-order valence-corrected chi connectivity index (χ4v) is 5.04. The van der Waals surface area contributed by atoms with E-state index in [0.29, 0.717) is 25.1 Å². The molecule has 1 N–H and O–H groups in total. The molecule has 3 amide bonds. The summed E-state index contributed by atoms with van der Waals surface area (Å²) in [5, 5.41) is 2.56. The zero-order chi connectivity index (χ0) is 25.8. The first kappa shape index (κ1) is 25.5. The van der Waals surface area contributed by atoms with E-state index < -0.39 is 42.3 Å². The van der Waals surface area contributed by atoms with Crippen LogP contribution >= 0.6 is 0 Å². The largest absolute Gasteiger partial charge is 0.467 e. The smallest absolute Gasteiger partial charge is 0.410 e. The lowest BCUT2D eigenvalue weighted by atomic mass is 9.99. The number of nitrogens with one attached hydrogen (secondary N) is 1. The zero-order valence-corrected chi connectivity index (χ0v) is 20.8. The Morgan fingerprint density at radius 3 is 2.67 bits per heavy atom.